The number of aliphatic carboxylic acids is 2. The Bertz CT molecular complexity index is 1020. The van der Waals surface area contributed by atoms with Gasteiger partial charge in [0, 0.05) is 44.8 Å². The molecule has 3 rings (SSSR count). The van der Waals surface area contributed by atoms with Gasteiger partial charge in [0.2, 0.25) is 5.75 Å². The van der Waals surface area contributed by atoms with Gasteiger partial charge in [-0.05, 0) is 30.7 Å². The quantitative estimate of drug-likeness (QED) is 0.449. The van der Waals surface area contributed by atoms with E-state index in [-0.39, 0.29) is 0 Å². The molecule has 0 saturated carbocycles. The van der Waals surface area contributed by atoms with Crippen LogP contribution in [0.25, 0.3) is 0 Å². The van der Waals surface area contributed by atoms with E-state index in [0.717, 1.165) is 62.1 Å². The topological polar surface area (TPSA) is 127 Å². The van der Waals surface area contributed by atoms with E-state index in [1.165, 1.54) is 5.56 Å². The molecule has 1 saturated heterocycles. The summed E-state index contributed by atoms with van der Waals surface area (Å²) in [7, 11) is 6.61. The molecule has 0 radical (unpaired) electrons. The first kappa shape index (κ1) is 29.5. The second kappa shape index (κ2) is 14.8. The lowest BCUT2D eigenvalue weighted by atomic mass is 10.1. The van der Waals surface area contributed by atoms with Gasteiger partial charge in [-0.1, -0.05) is 12.1 Å². The Labute approximate surface area is 217 Å². The summed E-state index contributed by atoms with van der Waals surface area (Å²) < 4.78 is 27.7. The summed E-state index contributed by atoms with van der Waals surface area (Å²) in [4.78, 5) is 23.1. The molecule has 0 aromatic heterocycles. The first-order valence-corrected chi connectivity index (χ1v) is 11.8. The lowest BCUT2D eigenvalue weighted by molar-refractivity contribution is -0.159. The van der Waals surface area contributed by atoms with Crippen LogP contribution in [-0.4, -0.2) is 93.2 Å². The Morgan fingerprint density at radius 2 is 1.27 bits per heavy atom. The highest BCUT2D eigenvalue weighted by Gasteiger charge is 2.21. The van der Waals surface area contributed by atoms with Gasteiger partial charge in [-0.15, -0.1) is 0 Å². The zero-order valence-electron chi connectivity index (χ0n) is 22.0. The van der Waals surface area contributed by atoms with Crippen molar-refractivity contribution in [1.29, 1.82) is 0 Å². The highest BCUT2D eigenvalue weighted by Crippen LogP contribution is 2.40. The summed E-state index contributed by atoms with van der Waals surface area (Å²) in [5, 5.41) is 14.8. The molecule has 11 heteroatoms. The van der Waals surface area contributed by atoms with Gasteiger partial charge < -0.3 is 33.9 Å². The van der Waals surface area contributed by atoms with E-state index in [4.69, 9.17) is 43.5 Å². The Hall–Kier alpha value is -3.70. The van der Waals surface area contributed by atoms with Gasteiger partial charge in [-0.25, -0.2) is 9.59 Å². The number of carboxylic acid groups (broad SMARTS) is 2. The summed E-state index contributed by atoms with van der Waals surface area (Å²) in [5.74, 6) is 0.00140. The third kappa shape index (κ3) is 8.43. The average Bonchev–Trinajstić information content (AvgIpc) is 2.90. The van der Waals surface area contributed by atoms with Crippen LogP contribution in [0.1, 0.15) is 18.1 Å². The molecule has 0 bridgehead atoms. The molecule has 0 amide bonds. The number of hydrogen-bond donors (Lipinski definition) is 2. The van der Waals surface area contributed by atoms with Gasteiger partial charge in [0.25, 0.3) is 0 Å². The molecule has 2 aromatic carbocycles. The number of carboxylic acids is 2. The normalized spacial score (nSPS) is 13.6. The predicted octanol–water partition coefficient (Wildman–Crippen LogP) is 2.59. The number of hydrogen-bond acceptors (Lipinski definition) is 9. The molecule has 0 spiro atoms. The summed E-state index contributed by atoms with van der Waals surface area (Å²) in [5.41, 5.74) is 2.34. The minimum absolute atomic E-state index is 0.623. The van der Waals surface area contributed by atoms with Crippen LogP contribution in [0.15, 0.2) is 30.3 Å². The maximum absolute atomic E-state index is 9.10. The van der Waals surface area contributed by atoms with Crippen molar-refractivity contribution < 1.29 is 43.5 Å². The van der Waals surface area contributed by atoms with Gasteiger partial charge in [-0.2, -0.15) is 0 Å². The summed E-state index contributed by atoms with van der Waals surface area (Å²) >= 11 is 0. The highest BCUT2D eigenvalue weighted by molar-refractivity contribution is 6.27. The molecule has 2 N–H and O–H groups in total. The number of carbonyl (C=O) groups is 2. The summed E-state index contributed by atoms with van der Waals surface area (Å²) in [6, 6.07) is 10.2. The van der Waals surface area contributed by atoms with Crippen LogP contribution < -0.4 is 23.7 Å². The first-order chi connectivity index (χ1) is 17.8. The third-order valence-corrected chi connectivity index (χ3v) is 5.76. The second-order valence-corrected chi connectivity index (χ2v) is 8.07. The molecular weight excluding hydrogens is 484 g/mol. The van der Waals surface area contributed by atoms with Crippen molar-refractivity contribution in [2.75, 3.05) is 61.2 Å². The van der Waals surface area contributed by atoms with Gasteiger partial charge >= 0.3 is 11.9 Å². The molecule has 37 heavy (non-hydrogen) atoms. The zero-order valence-corrected chi connectivity index (χ0v) is 22.0. The number of piperazine rings is 1. The van der Waals surface area contributed by atoms with Crippen molar-refractivity contribution >= 4 is 11.9 Å². The molecule has 11 nitrogen and oxygen atoms in total. The van der Waals surface area contributed by atoms with E-state index < -0.39 is 11.9 Å². The molecule has 0 unspecified atom stereocenters. The maximum Gasteiger partial charge on any atom is 0.414 e. The highest BCUT2D eigenvalue weighted by atomic mass is 16.5. The maximum atomic E-state index is 9.10. The van der Waals surface area contributed by atoms with Crippen molar-refractivity contribution in [3.63, 3.8) is 0 Å². The van der Waals surface area contributed by atoms with Crippen molar-refractivity contribution in [2.24, 2.45) is 0 Å². The van der Waals surface area contributed by atoms with Crippen molar-refractivity contribution in [3.8, 4) is 28.7 Å². The van der Waals surface area contributed by atoms with Crippen LogP contribution in [0.3, 0.4) is 0 Å². The number of rotatable bonds is 10. The van der Waals surface area contributed by atoms with Crippen LogP contribution in [0.5, 0.6) is 28.7 Å². The largest absolute Gasteiger partial charge is 0.493 e. The summed E-state index contributed by atoms with van der Waals surface area (Å²) in [6.07, 6.45) is 0. The van der Waals surface area contributed by atoms with E-state index in [1.54, 1.807) is 28.4 Å². The first-order valence-electron chi connectivity index (χ1n) is 11.8. The van der Waals surface area contributed by atoms with Gasteiger partial charge in [-0.3, -0.25) is 9.80 Å². The zero-order chi connectivity index (χ0) is 27.4. The minimum atomic E-state index is -1.82. The van der Waals surface area contributed by atoms with E-state index in [9.17, 15) is 0 Å². The van der Waals surface area contributed by atoms with Crippen molar-refractivity contribution in [1.82, 2.24) is 9.80 Å². The fourth-order valence-corrected chi connectivity index (χ4v) is 3.98. The fraction of sp³-hybridized carbons (Fsp3) is 0.462. The lowest BCUT2D eigenvalue weighted by Gasteiger charge is -2.35. The predicted molar refractivity (Wildman–Crippen MR) is 136 cm³/mol. The smallest absolute Gasteiger partial charge is 0.414 e. The number of benzene rings is 2. The molecule has 1 fully saturated rings. The van der Waals surface area contributed by atoms with Crippen LogP contribution >= 0.6 is 0 Å². The number of nitrogens with zero attached hydrogens (tertiary/aromatic N) is 2. The molecule has 0 atom stereocenters. The van der Waals surface area contributed by atoms with Crippen LogP contribution in [0, 0.1) is 0 Å². The van der Waals surface area contributed by atoms with Gasteiger partial charge in [0.15, 0.2) is 23.0 Å². The Morgan fingerprint density at radius 3 is 1.76 bits per heavy atom. The third-order valence-electron chi connectivity index (χ3n) is 5.76. The second-order valence-electron chi connectivity index (χ2n) is 8.07. The monoisotopic (exact) mass is 520 g/mol. The number of ether oxygens (including phenoxy) is 5. The lowest BCUT2D eigenvalue weighted by Crippen LogP contribution is -2.45. The molecule has 2 aromatic rings. The van der Waals surface area contributed by atoms with E-state index in [1.807, 2.05) is 19.1 Å². The van der Waals surface area contributed by atoms with E-state index in [0.29, 0.717) is 18.1 Å². The minimum Gasteiger partial charge on any atom is -0.493 e. The summed E-state index contributed by atoms with van der Waals surface area (Å²) in [6.45, 7) is 8.32. The molecule has 204 valence electrons. The molecule has 1 heterocycles. The molecule has 1 aliphatic heterocycles. The molecular formula is C26H36N2O9. The standard InChI is InChI=1S/C24H34N2O5.C2H2O4/c1-6-31-22-15-18(7-9-20(22)27-2)16-25-11-13-26(14-12-25)17-19-8-10-21(28-3)24(30-5)23(19)29-4;3-1(4)2(5)6/h7-10,15H,6,11-14,16-17H2,1-5H3;(H,3,4)(H,5,6). The molecule has 1 aliphatic rings. The SMILES string of the molecule is CCOc1cc(CN2CCN(Cc3ccc(OC)c(OC)c3OC)CC2)ccc1OC.O=C(O)C(=O)O. The van der Waals surface area contributed by atoms with Crippen molar-refractivity contribution in [2.45, 2.75) is 20.0 Å². The van der Waals surface area contributed by atoms with E-state index in [2.05, 4.69) is 28.0 Å². The van der Waals surface area contributed by atoms with Crippen molar-refractivity contribution in [3.05, 3.63) is 41.5 Å². The van der Waals surface area contributed by atoms with E-state index >= 15 is 0 Å². The Balaban J connectivity index is 0.000000717. The van der Waals surface area contributed by atoms with Gasteiger partial charge in [0.05, 0.1) is 35.0 Å². The molecule has 0 aliphatic carbocycles. The van der Waals surface area contributed by atoms with Crippen LogP contribution in [0.4, 0.5) is 0 Å². The van der Waals surface area contributed by atoms with Crippen LogP contribution in [0.2, 0.25) is 0 Å². The Morgan fingerprint density at radius 1 is 0.730 bits per heavy atom. The van der Waals surface area contributed by atoms with Crippen LogP contribution in [-0.2, 0) is 22.7 Å². The average molecular weight is 521 g/mol. The Kier molecular flexibility index (Phi) is 11.8. The fourth-order valence-electron chi connectivity index (χ4n) is 3.98. The number of methoxy groups -OCH3 is 4. The van der Waals surface area contributed by atoms with Gasteiger partial charge in [0.1, 0.15) is 0 Å².